The Morgan fingerprint density at radius 3 is 2.78 bits per heavy atom. The topological polar surface area (TPSA) is 32.3 Å². The van der Waals surface area contributed by atoms with Crippen LogP contribution < -0.4 is 5.32 Å². The third-order valence-corrected chi connectivity index (χ3v) is 1.21. The number of hydrogen-bond donors (Lipinski definition) is 1. The minimum absolute atomic E-state index is 0.0291. The lowest BCUT2D eigenvalue weighted by Crippen LogP contribution is -2.31. The van der Waals surface area contributed by atoms with Crippen LogP contribution in [0.5, 0.6) is 0 Å². The minimum atomic E-state index is -0.0291. The van der Waals surface area contributed by atoms with Gasteiger partial charge in [0.1, 0.15) is 0 Å². The van der Waals surface area contributed by atoms with Crippen molar-refractivity contribution >= 4 is 23.6 Å². The molecular weight excluding hydrogens is 136 g/mol. The van der Waals surface area contributed by atoms with Crippen molar-refractivity contribution < 1.29 is 4.79 Å². The summed E-state index contributed by atoms with van der Waals surface area (Å²) >= 11 is 4.56. The van der Waals surface area contributed by atoms with E-state index in [2.05, 4.69) is 17.5 Å². The van der Waals surface area contributed by atoms with Crippen molar-refractivity contribution in [3.05, 3.63) is 0 Å². The second-order valence-corrected chi connectivity index (χ2v) is 1.90. The van der Waals surface area contributed by atoms with Crippen molar-refractivity contribution in [2.45, 2.75) is 0 Å². The molecule has 0 aromatic rings. The van der Waals surface area contributed by atoms with E-state index in [0.29, 0.717) is 6.54 Å². The number of nitrogens with zero attached hydrogens (tertiary/aromatic N) is 1. The highest BCUT2D eigenvalue weighted by atomic mass is 32.1. The van der Waals surface area contributed by atoms with Crippen molar-refractivity contribution in [1.82, 2.24) is 10.2 Å². The third-order valence-electron chi connectivity index (χ3n) is 0.852. The first kappa shape index (κ1) is 8.36. The second kappa shape index (κ2) is 4.26. The van der Waals surface area contributed by atoms with E-state index in [9.17, 15) is 4.79 Å². The molecule has 0 bridgehead atoms. The molecule has 3 nitrogen and oxygen atoms in total. The van der Waals surface area contributed by atoms with Gasteiger partial charge in [-0.3, -0.25) is 4.79 Å². The van der Waals surface area contributed by atoms with Gasteiger partial charge in [-0.2, -0.15) is 0 Å². The van der Waals surface area contributed by atoms with Crippen molar-refractivity contribution in [1.29, 1.82) is 0 Å². The van der Waals surface area contributed by atoms with Crippen LogP contribution in [0.2, 0.25) is 0 Å². The highest BCUT2D eigenvalue weighted by molar-refractivity contribution is 7.78. The van der Waals surface area contributed by atoms with E-state index in [1.807, 2.05) is 0 Å². The summed E-state index contributed by atoms with van der Waals surface area (Å²) in [4.78, 5) is 12.2. The fourth-order valence-electron chi connectivity index (χ4n) is 0.343. The zero-order valence-corrected chi connectivity index (χ0v) is 6.36. The number of rotatable bonds is 3. The number of likely N-dealkylation sites (N-methyl/N-ethyl adjacent to an activating group) is 2. The molecule has 0 heterocycles. The summed E-state index contributed by atoms with van der Waals surface area (Å²) in [5.74, 6) is -0.0291. The molecule has 0 radical (unpaired) electrons. The first-order chi connectivity index (χ1) is 4.20. The van der Waals surface area contributed by atoms with Crippen molar-refractivity contribution in [3.8, 4) is 0 Å². The number of nitrogens with one attached hydrogen (secondary N) is 1. The monoisotopic (exact) mass is 146 g/mol. The first-order valence-electron chi connectivity index (χ1n) is 2.57. The molecule has 1 amide bonds. The maximum absolute atomic E-state index is 10.6. The van der Waals surface area contributed by atoms with E-state index < -0.39 is 0 Å². The highest BCUT2D eigenvalue weighted by Gasteiger charge is 1.97. The van der Waals surface area contributed by atoms with Crippen LogP contribution in [0.4, 0.5) is 0 Å². The molecule has 0 aliphatic carbocycles. The Labute approximate surface area is 60.0 Å². The van der Waals surface area contributed by atoms with Gasteiger partial charge in [0.05, 0.1) is 12.0 Å². The van der Waals surface area contributed by atoms with Crippen LogP contribution in [-0.2, 0) is 4.79 Å². The van der Waals surface area contributed by atoms with Crippen LogP contribution in [0.25, 0.3) is 0 Å². The molecule has 52 valence electrons. The smallest absolute Gasteiger partial charge is 0.239 e. The summed E-state index contributed by atoms with van der Waals surface area (Å²) < 4.78 is 0. The molecule has 0 unspecified atom stereocenters. The van der Waals surface area contributed by atoms with E-state index >= 15 is 0 Å². The minimum Gasteiger partial charge on any atom is -0.362 e. The first-order valence-corrected chi connectivity index (χ1v) is 3.04. The highest BCUT2D eigenvalue weighted by Crippen LogP contribution is 1.74. The van der Waals surface area contributed by atoms with Gasteiger partial charge in [-0.25, -0.2) is 0 Å². The molecule has 4 heteroatoms. The van der Waals surface area contributed by atoms with Gasteiger partial charge < -0.3 is 10.2 Å². The Balaban J connectivity index is 3.46. The zero-order valence-electron chi connectivity index (χ0n) is 5.55. The van der Waals surface area contributed by atoms with Crippen molar-refractivity contribution in [3.63, 3.8) is 0 Å². The molecule has 1 N–H and O–H groups in total. The largest absolute Gasteiger partial charge is 0.362 e. The molecule has 0 saturated carbocycles. The molecule has 0 saturated heterocycles. The van der Waals surface area contributed by atoms with Gasteiger partial charge >= 0.3 is 0 Å². The molecule has 0 atom stereocenters. The molecular formula is C5H10N2OS. The summed E-state index contributed by atoms with van der Waals surface area (Å²) in [6.45, 7) is 0.333. The lowest BCUT2D eigenvalue weighted by Gasteiger charge is -2.09. The van der Waals surface area contributed by atoms with Gasteiger partial charge in [0.2, 0.25) is 5.91 Å². The molecule has 0 spiro atoms. The third kappa shape index (κ3) is 3.90. The van der Waals surface area contributed by atoms with Gasteiger partial charge in [0, 0.05) is 14.1 Å². The summed E-state index contributed by atoms with van der Waals surface area (Å²) in [5, 5.41) is 2.48. The molecule has 0 aromatic carbocycles. The van der Waals surface area contributed by atoms with Crippen LogP contribution in [0.15, 0.2) is 0 Å². The summed E-state index contributed by atoms with van der Waals surface area (Å²) in [6, 6.07) is 0. The summed E-state index contributed by atoms with van der Waals surface area (Å²) in [5.41, 5.74) is 1.44. The van der Waals surface area contributed by atoms with E-state index in [1.54, 1.807) is 19.0 Å². The van der Waals surface area contributed by atoms with Crippen molar-refractivity contribution in [2.75, 3.05) is 20.6 Å². The van der Waals surface area contributed by atoms with Gasteiger partial charge in [-0.1, -0.05) is 12.2 Å². The quantitative estimate of drug-likeness (QED) is 0.551. The van der Waals surface area contributed by atoms with Crippen molar-refractivity contribution in [2.24, 2.45) is 0 Å². The summed E-state index contributed by atoms with van der Waals surface area (Å²) in [6.07, 6.45) is 0. The Hall–Kier alpha value is -0.640. The van der Waals surface area contributed by atoms with E-state index in [4.69, 9.17) is 0 Å². The fourth-order valence-corrected chi connectivity index (χ4v) is 0.417. The Kier molecular flexibility index (Phi) is 3.96. The molecule has 0 aromatic heterocycles. The molecule has 0 rings (SSSR count). The Morgan fingerprint density at radius 2 is 2.44 bits per heavy atom. The predicted octanol–water partition coefficient (Wildman–Crippen LogP) is -0.379. The second-order valence-electron chi connectivity index (χ2n) is 1.69. The van der Waals surface area contributed by atoms with Crippen LogP contribution in [0.1, 0.15) is 0 Å². The standard InChI is InChI=1S/C5H10N2OS/c1-6-5(8)3-7(2)4-9/h4H,3H2,1-2H3,(H,6,8). The molecule has 0 aliphatic heterocycles. The van der Waals surface area contributed by atoms with Gasteiger partial charge in [-0.05, 0) is 0 Å². The predicted molar refractivity (Wildman–Crippen MR) is 40.4 cm³/mol. The van der Waals surface area contributed by atoms with E-state index in [1.165, 1.54) is 5.49 Å². The Bertz CT molecular complexity index is 116. The number of amides is 1. The maximum Gasteiger partial charge on any atom is 0.239 e. The molecule has 9 heavy (non-hydrogen) atoms. The van der Waals surface area contributed by atoms with E-state index in [-0.39, 0.29) is 5.91 Å². The van der Waals surface area contributed by atoms with Gasteiger partial charge in [0.15, 0.2) is 0 Å². The zero-order chi connectivity index (χ0) is 7.28. The van der Waals surface area contributed by atoms with Crippen LogP contribution in [0, 0.1) is 0 Å². The maximum atomic E-state index is 10.6. The van der Waals surface area contributed by atoms with Crippen LogP contribution in [-0.4, -0.2) is 36.9 Å². The molecule has 0 fully saturated rings. The molecule has 0 aliphatic rings. The summed E-state index contributed by atoms with van der Waals surface area (Å²) in [7, 11) is 3.35. The number of carbonyl (C=O) groups is 1. The average molecular weight is 146 g/mol. The lowest BCUT2D eigenvalue weighted by atomic mass is 10.5. The van der Waals surface area contributed by atoms with Crippen LogP contribution in [0.3, 0.4) is 0 Å². The van der Waals surface area contributed by atoms with Crippen LogP contribution >= 0.6 is 12.2 Å². The SMILES string of the molecule is CNC(=O)CN(C)C=S. The fraction of sp³-hybridized carbons (Fsp3) is 0.600. The van der Waals surface area contributed by atoms with E-state index in [0.717, 1.165) is 0 Å². The van der Waals surface area contributed by atoms with Gasteiger partial charge in [-0.15, -0.1) is 0 Å². The number of thiocarbonyl (C=S) groups is 1. The van der Waals surface area contributed by atoms with Gasteiger partial charge in [0.25, 0.3) is 0 Å². The average Bonchev–Trinajstić information content (AvgIpc) is 1.87. The normalized spacial score (nSPS) is 8.22. The lowest BCUT2D eigenvalue weighted by molar-refractivity contribution is -0.120. The number of carbonyl (C=O) groups excluding carboxylic acids is 1. The number of hydrogen-bond acceptors (Lipinski definition) is 2. The Morgan fingerprint density at radius 1 is 1.89 bits per heavy atom.